The molecule has 1 amide bonds. The number of likely N-dealkylation sites (N-methyl/N-ethyl adjacent to an activating group) is 2. The van der Waals surface area contributed by atoms with Crippen LogP contribution in [0.3, 0.4) is 0 Å². The van der Waals surface area contributed by atoms with Crippen LogP contribution in [0.15, 0.2) is 31.0 Å². The van der Waals surface area contributed by atoms with Crippen molar-refractivity contribution in [3.8, 4) is 5.88 Å². The molecule has 1 heterocycles. The van der Waals surface area contributed by atoms with Crippen molar-refractivity contribution in [2.24, 2.45) is 0 Å². The van der Waals surface area contributed by atoms with E-state index in [1.807, 2.05) is 0 Å². The molecule has 0 fully saturated rings. The molecule has 0 aliphatic heterocycles. The van der Waals surface area contributed by atoms with Crippen LogP contribution in [-0.4, -0.2) is 61.0 Å². The largest absolute Gasteiger partial charge is 0.473 e. The molecule has 0 aromatic carbocycles. The van der Waals surface area contributed by atoms with Crippen LogP contribution in [0.4, 0.5) is 13.2 Å². The van der Waals surface area contributed by atoms with Gasteiger partial charge in [-0.15, -0.1) is 6.58 Å². The zero-order valence-corrected chi connectivity index (χ0v) is 14.7. The molecule has 140 valence electrons. The Morgan fingerprint density at radius 2 is 2.08 bits per heavy atom. The first-order valence-electron chi connectivity index (χ1n) is 7.83. The molecule has 1 aromatic rings. The first-order valence-corrected chi connectivity index (χ1v) is 7.83. The molecule has 1 unspecified atom stereocenters. The van der Waals surface area contributed by atoms with Crippen LogP contribution in [0.25, 0.3) is 0 Å². The van der Waals surface area contributed by atoms with Crippen LogP contribution in [0.1, 0.15) is 18.4 Å². The van der Waals surface area contributed by atoms with Gasteiger partial charge in [-0.1, -0.05) is 6.08 Å². The quantitative estimate of drug-likeness (QED) is 0.636. The fraction of sp³-hybridized carbons (Fsp3) is 0.529. The molecule has 0 aliphatic rings. The van der Waals surface area contributed by atoms with Crippen molar-refractivity contribution in [3.05, 3.63) is 36.5 Å². The van der Waals surface area contributed by atoms with E-state index < -0.39 is 17.8 Å². The van der Waals surface area contributed by atoms with E-state index >= 15 is 0 Å². The van der Waals surface area contributed by atoms with Crippen molar-refractivity contribution in [1.29, 1.82) is 0 Å². The fourth-order valence-electron chi connectivity index (χ4n) is 2.10. The number of carbonyl (C=O) groups is 1. The molecule has 0 saturated heterocycles. The third-order valence-electron chi connectivity index (χ3n) is 3.46. The second-order valence-electron chi connectivity index (χ2n) is 5.97. The van der Waals surface area contributed by atoms with Crippen LogP contribution in [0.5, 0.6) is 5.88 Å². The second-order valence-corrected chi connectivity index (χ2v) is 5.97. The lowest BCUT2D eigenvalue weighted by Gasteiger charge is -2.25. The van der Waals surface area contributed by atoms with Crippen LogP contribution in [0.2, 0.25) is 0 Å². The van der Waals surface area contributed by atoms with Gasteiger partial charge in [-0.25, -0.2) is 4.98 Å². The number of allylic oxidation sites excluding steroid dienone is 1. The van der Waals surface area contributed by atoms with Gasteiger partial charge in [-0.3, -0.25) is 9.69 Å². The number of halogens is 3. The molecular formula is C17H24F3N3O2. The average molecular weight is 359 g/mol. The lowest BCUT2D eigenvalue weighted by atomic mass is 10.2. The smallest absolute Gasteiger partial charge is 0.416 e. The topological polar surface area (TPSA) is 45.7 Å². The molecule has 1 aromatic heterocycles. The maximum atomic E-state index is 12.8. The highest BCUT2D eigenvalue weighted by Crippen LogP contribution is 2.30. The number of alkyl halides is 3. The first-order chi connectivity index (χ1) is 11.6. The minimum Gasteiger partial charge on any atom is -0.473 e. The highest BCUT2D eigenvalue weighted by atomic mass is 19.4. The molecule has 1 atom stereocenters. The Balaban J connectivity index is 2.79. The summed E-state index contributed by atoms with van der Waals surface area (Å²) < 4.78 is 44.0. The number of hydrogen-bond acceptors (Lipinski definition) is 4. The minimum atomic E-state index is -4.45. The summed E-state index contributed by atoms with van der Waals surface area (Å²) >= 11 is 0. The Morgan fingerprint density at radius 3 is 2.64 bits per heavy atom. The summed E-state index contributed by atoms with van der Waals surface area (Å²) in [6.45, 7) is 4.21. The summed E-state index contributed by atoms with van der Waals surface area (Å²) in [7, 11) is 5.08. The maximum absolute atomic E-state index is 12.8. The summed E-state index contributed by atoms with van der Waals surface area (Å²) in [6.07, 6.45) is -0.884. The van der Waals surface area contributed by atoms with Gasteiger partial charge in [0.25, 0.3) is 0 Å². The minimum absolute atomic E-state index is 0.0674. The molecule has 8 heteroatoms. The van der Waals surface area contributed by atoms with Crippen LogP contribution >= 0.6 is 0 Å². The van der Waals surface area contributed by atoms with Gasteiger partial charge in [-0.05, 0) is 26.0 Å². The van der Waals surface area contributed by atoms with Gasteiger partial charge in [0.05, 0.1) is 12.1 Å². The van der Waals surface area contributed by atoms with Gasteiger partial charge >= 0.3 is 6.18 Å². The van der Waals surface area contributed by atoms with E-state index in [0.29, 0.717) is 19.4 Å². The van der Waals surface area contributed by atoms with E-state index in [-0.39, 0.29) is 18.3 Å². The highest BCUT2D eigenvalue weighted by molar-refractivity contribution is 5.77. The van der Waals surface area contributed by atoms with Gasteiger partial charge in [0.15, 0.2) is 0 Å². The zero-order valence-electron chi connectivity index (χ0n) is 14.7. The number of ether oxygens (including phenoxy) is 1. The maximum Gasteiger partial charge on any atom is 0.416 e. The van der Waals surface area contributed by atoms with Crippen molar-refractivity contribution in [2.75, 3.05) is 34.2 Å². The van der Waals surface area contributed by atoms with Gasteiger partial charge in [0.1, 0.15) is 6.10 Å². The lowest BCUT2D eigenvalue weighted by molar-refractivity contribution is -0.137. The Labute approximate surface area is 146 Å². The van der Waals surface area contributed by atoms with Crippen LogP contribution in [-0.2, 0) is 11.0 Å². The van der Waals surface area contributed by atoms with Crippen molar-refractivity contribution < 1.29 is 22.7 Å². The molecule has 0 saturated carbocycles. The number of pyridine rings is 1. The first kappa shape index (κ1) is 21.0. The third-order valence-corrected chi connectivity index (χ3v) is 3.46. The molecule has 0 N–H and O–H groups in total. The van der Waals surface area contributed by atoms with Crippen LogP contribution in [0, 0.1) is 0 Å². The predicted molar refractivity (Wildman–Crippen MR) is 89.3 cm³/mol. The molecule has 0 aliphatic carbocycles. The Hall–Kier alpha value is -2.09. The summed E-state index contributed by atoms with van der Waals surface area (Å²) in [5.41, 5.74) is -0.809. The number of nitrogens with zero attached hydrogens (tertiary/aromatic N) is 3. The average Bonchev–Trinajstić information content (AvgIpc) is 2.51. The standard InChI is InChI=1S/C17H24F3N3O2/c1-5-6-7-14(11-23(4)12-16(24)22(2)3)25-15-10-13(8-9-21-15)17(18,19)20/h5,8-10,14H,1,6-7,11-12H2,2-4H3. The third kappa shape index (κ3) is 7.55. The van der Waals surface area contributed by atoms with Gasteiger partial charge in [-0.2, -0.15) is 13.2 Å². The molecule has 25 heavy (non-hydrogen) atoms. The van der Waals surface area contributed by atoms with E-state index in [2.05, 4.69) is 11.6 Å². The molecule has 0 bridgehead atoms. The number of carbonyl (C=O) groups excluding carboxylic acids is 1. The molecule has 0 radical (unpaired) electrons. The SMILES string of the molecule is C=CCCC(CN(C)CC(=O)N(C)C)Oc1cc(C(F)(F)F)ccn1. The number of rotatable bonds is 9. The normalized spacial score (nSPS) is 12.8. The molecule has 0 spiro atoms. The molecule has 5 nitrogen and oxygen atoms in total. The van der Waals surface area contributed by atoms with Gasteiger partial charge in [0, 0.05) is 32.9 Å². The van der Waals surface area contributed by atoms with Crippen molar-refractivity contribution in [3.63, 3.8) is 0 Å². The van der Waals surface area contributed by atoms with E-state index in [1.54, 1.807) is 32.1 Å². The zero-order chi connectivity index (χ0) is 19.0. The highest BCUT2D eigenvalue weighted by Gasteiger charge is 2.31. The van der Waals surface area contributed by atoms with Crippen molar-refractivity contribution in [1.82, 2.24) is 14.8 Å². The Bertz CT molecular complexity index is 577. The fourth-order valence-corrected chi connectivity index (χ4v) is 2.10. The number of amides is 1. The summed E-state index contributed by atoms with van der Waals surface area (Å²) in [6, 6.07) is 1.78. The van der Waals surface area contributed by atoms with Gasteiger partial charge in [0.2, 0.25) is 11.8 Å². The van der Waals surface area contributed by atoms with Crippen molar-refractivity contribution in [2.45, 2.75) is 25.1 Å². The van der Waals surface area contributed by atoms with E-state index in [1.165, 1.54) is 4.90 Å². The summed E-state index contributed by atoms with van der Waals surface area (Å²) in [5, 5.41) is 0. The lowest BCUT2D eigenvalue weighted by Crippen LogP contribution is -2.39. The summed E-state index contributed by atoms with van der Waals surface area (Å²) in [4.78, 5) is 18.9. The van der Waals surface area contributed by atoms with E-state index in [4.69, 9.17) is 4.74 Å². The number of hydrogen-bond donors (Lipinski definition) is 0. The number of aromatic nitrogens is 1. The van der Waals surface area contributed by atoms with E-state index in [0.717, 1.165) is 18.3 Å². The van der Waals surface area contributed by atoms with Crippen molar-refractivity contribution >= 4 is 5.91 Å². The predicted octanol–water partition coefficient (Wildman–Crippen LogP) is 2.83. The Morgan fingerprint density at radius 1 is 1.40 bits per heavy atom. The van der Waals surface area contributed by atoms with E-state index in [9.17, 15) is 18.0 Å². The summed E-state index contributed by atoms with van der Waals surface area (Å²) in [5.74, 6) is -0.154. The molecular weight excluding hydrogens is 335 g/mol. The van der Waals surface area contributed by atoms with Crippen LogP contribution < -0.4 is 4.74 Å². The second kappa shape index (κ2) is 9.41. The monoisotopic (exact) mass is 359 g/mol. The molecule has 1 rings (SSSR count). The Kier molecular flexibility index (Phi) is 7.89. The van der Waals surface area contributed by atoms with Gasteiger partial charge < -0.3 is 9.64 Å².